The average Bonchev–Trinajstić information content (AvgIpc) is 2.31. The molecule has 2 nitrogen and oxygen atoms in total. The Morgan fingerprint density at radius 2 is 1.50 bits per heavy atom. The molecule has 2 atom stereocenters. The van der Waals surface area contributed by atoms with Gasteiger partial charge in [0.25, 0.3) is 0 Å². The van der Waals surface area contributed by atoms with Crippen LogP contribution in [-0.2, 0) is 0 Å². The lowest BCUT2D eigenvalue weighted by molar-refractivity contribution is 0.764. The van der Waals surface area contributed by atoms with Gasteiger partial charge in [0.1, 0.15) is 0 Å². The third-order valence-electron chi connectivity index (χ3n) is 2.63. The van der Waals surface area contributed by atoms with Gasteiger partial charge in [-0.15, -0.1) is 0 Å². The van der Waals surface area contributed by atoms with Crippen LogP contribution in [0.1, 0.15) is 33.6 Å². The molecule has 0 bridgehead atoms. The van der Waals surface area contributed by atoms with Gasteiger partial charge in [-0.05, 0) is 44.0 Å². The number of hydrogen-bond donors (Lipinski definition) is 3. The lowest BCUT2D eigenvalue weighted by Gasteiger charge is -2.15. The summed E-state index contributed by atoms with van der Waals surface area (Å²) in [5, 5.41) is 6.99. The van der Waals surface area contributed by atoms with Crippen molar-refractivity contribution < 1.29 is 0 Å². The summed E-state index contributed by atoms with van der Waals surface area (Å²) in [6.45, 7) is 6.48. The molecular formula is C13H22N2S. The number of anilines is 2. The fourth-order valence-corrected chi connectivity index (χ4v) is 1.49. The van der Waals surface area contributed by atoms with Crippen LogP contribution in [0.25, 0.3) is 0 Å². The zero-order valence-corrected chi connectivity index (χ0v) is 11.2. The predicted octanol–water partition coefficient (Wildman–Crippen LogP) is 3.97. The van der Waals surface area contributed by atoms with E-state index in [-0.39, 0.29) is 5.37 Å². The Kier molecular flexibility index (Phi) is 5.53. The lowest BCUT2D eigenvalue weighted by atomic mass is 10.2. The molecule has 0 aliphatic heterocycles. The fraction of sp³-hybridized carbons (Fsp3) is 0.538. The minimum Gasteiger partial charge on any atom is -0.383 e. The van der Waals surface area contributed by atoms with Gasteiger partial charge in [0.15, 0.2) is 0 Å². The van der Waals surface area contributed by atoms with Gasteiger partial charge in [-0.25, -0.2) is 0 Å². The monoisotopic (exact) mass is 238 g/mol. The highest BCUT2D eigenvalue weighted by atomic mass is 32.1. The van der Waals surface area contributed by atoms with Crippen molar-refractivity contribution in [1.82, 2.24) is 0 Å². The van der Waals surface area contributed by atoms with Crippen molar-refractivity contribution in [3.63, 3.8) is 0 Å². The van der Waals surface area contributed by atoms with Crippen LogP contribution >= 0.6 is 12.6 Å². The first-order chi connectivity index (χ1) is 7.65. The average molecular weight is 238 g/mol. The summed E-state index contributed by atoms with van der Waals surface area (Å²) in [7, 11) is 0. The third kappa shape index (κ3) is 4.35. The standard InChI is InChI=1S/C13H22N2S/c1-4-10(3)14-11-6-8-12(9-7-11)15-13(16)5-2/h6-10,13-16H,4-5H2,1-3H3. The van der Waals surface area contributed by atoms with Crippen molar-refractivity contribution in [2.24, 2.45) is 0 Å². The van der Waals surface area contributed by atoms with E-state index in [4.69, 9.17) is 0 Å². The summed E-state index contributed by atoms with van der Waals surface area (Å²) in [5.74, 6) is 0. The van der Waals surface area contributed by atoms with Crippen molar-refractivity contribution in [1.29, 1.82) is 0 Å². The van der Waals surface area contributed by atoms with Gasteiger partial charge in [-0.1, -0.05) is 13.8 Å². The number of nitrogens with one attached hydrogen (secondary N) is 2. The summed E-state index contributed by atoms with van der Waals surface area (Å²) in [6, 6.07) is 8.90. The Balaban J connectivity index is 2.54. The summed E-state index contributed by atoms with van der Waals surface area (Å²) in [5.41, 5.74) is 2.30. The molecule has 0 aromatic heterocycles. The van der Waals surface area contributed by atoms with Crippen LogP contribution in [0.2, 0.25) is 0 Å². The molecule has 1 rings (SSSR count). The Hall–Kier alpha value is -0.830. The molecular weight excluding hydrogens is 216 g/mol. The maximum Gasteiger partial charge on any atom is 0.0690 e. The molecule has 0 aliphatic rings. The van der Waals surface area contributed by atoms with Gasteiger partial charge < -0.3 is 10.6 Å². The second kappa shape index (κ2) is 6.69. The van der Waals surface area contributed by atoms with Crippen LogP contribution in [0.15, 0.2) is 24.3 Å². The minimum absolute atomic E-state index is 0.230. The summed E-state index contributed by atoms with van der Waals surface area (Å²) in [6.07, 6.45) is 2.14. The smallest absolute Gasteiger partial charge is 0.0690 e. The van der Waals surface area contributed by atoms with Crippen LogP contribution in [-0.4, -0.2) is 11.4 Å². The van der Waals surface area contributed by atoms with E-state index >= 15 is 0 Å². The second-order valence-electron chi connectivity index (χ2n) is 4.10. The molecule has 0 aliphatic carbocycles. The van der Waals surface area contributed by atoms with Crippen molar-refractivity contribution in [2.45, 2.75) is 45.0 Å². The van der Waals surface area contributed by atoms with E-state index in [1.165, 1.54) is 5.69 Å². The lowest BCUT2D eigenvalue weighted by Crippen LogP contribution is -2.13. The quantitative estimate of drug-likeness (QED) is 0.516. The Labute approximate surface area is 104 Å². The summed E-state index contributed by atoms with van der Waals surface area (Å²) < 4.78 is 0. The SMILES string of the molecule is CCC(C)Nc1ccc(NC(S)CC)cc1. The topological polar surface area (TPSA) is 24.1 Å². The van der Waals surface area contributed by atoms with Gasteiger partial charge in [0, 0.05) is 17.4 Å². The van der Waals surface area contributed by atoms with Crippen LogP contribution in [0.3, 0.4) is 0 Å². The Bertz CT molecular complexity index is 266. The van der Waals surface area contributed by atoms with Crippen LogP contribution in [0, 0.1) is 0 Å². The van der Waals surface area contributed by atoms with Crippen molar-refractivity contribution in [3.8, 4) is 0 Å². The maximum atomic E-state index is 4.41. The number of benzene rings is 1. The van der Waals surface area contributed by atoms with Crippen molar-refractivity contribution in [2.75, 3.05) is 10.6 Å². The molecule has 1 aromatic rings. The van der Waals surface area contributed by atoms with E-state index in [0.29, 0.717) is 6.04 Å². The Morgan fingerprint density at radius 1 is 1.00 bits per heavy atom. The van der Waals surface area contributed by atoms with E-state index in [0.717, 1.165) is 18.5 Å². The molecule has 16 heavy (non-hydrogen) atoms. The van der Waals surface area contributed by atoms with E-state index in [1.54, 1.807) is 0 Å². The van der Waals surface area contributed by atoms with Crippen molar-refractivity contribution >= 4 is 24.0 Å². The van der Waals surface area contributed by atoms with E-state index in [1.807, 2.05) is 0 Å². The molecule has 0 fully saturated rings. The highest BCUT2D eigenvalue weighted by Gasteiger charge is 2.01. The van der Waals surface area contributed by atoms with Crippen LogP contribution in [0.5, 0.6) is 0 Å². The van der Waals surface area contributed by atoms with E-state index < -0.39 is 0 Å². The third-order valence-corrected chi connectivity index (χ3v) is 3.12. The van der Waals surface area contributed by atoms with Crippen molar-refractivity contribution in [3.05, 3.63) is 24.3 Å². The Morgan fingerprint density at radius 3 is 1.94 bits per heavy atom. The maximum absolute atomic E-state index is 4.41. The molecule has 2 unspecified atom stereocenters. The van der Waals surface area contributed by atoms with E-state index in [9.17, 15) is 0 Å². The molecule has 90 valence electrons. The first-order valence-corrected chi connectivity index (χ1v) is 6.48. The van der Waals surface area contributed by atoms with Gasteiger partial charge in [0.2, 0.25) is 0 Å². The van der Waals surface area contributed by atoms with Crippen LogP contribution in [0.4, 0.5) is 11.4 Å². The van der Waals surface area contributed by atoms with Gasteiger partial charge in [-0.2, -0.15) is 12.6 Å². The number of hydrogen-bond acceptors (Lipinski definition) is 3. The zero-order chi connectivity index (χ0) is 12.0. The molecule has 0 saturated heterocycles. The number of rotatable bonds is 6. The van der Waals surface area contributed by atoms with Gasteiger partial charge >= 0.3 is 0 Å². The summed E-state index contributed by atoms with van der Waals surface area (Å²) in [4.78, 5) is 0. The molecule has 0 radical (unpaired) electrons. The molecule has 0 saturated carbocycles. The molecule has 2 N–H and O–H groups in total. The predicted molar refractivity (Wildman–Crippen MR) is 76.5 cm³/mol. The highest BCUT2D eigenvalue weighted by molar-refractivity contribution is 7.81. The zero-order valence-electron chi connectivity index (χ0n) is 10.3. The highest BCUT2D eigenvalue weighted by Crippen LogP contribution is 2.17. The van der Waals surface area contributed by atoms with Gasteiger partial charge in [0.05, 0.1) is 5.37 Å². The van der Waals surface area contributed by atoms with E-state index in [2.05, 4.69) is 68.3 Å². The summed E-state index contributed by atoms with van der Waals surface area (Å²) >= 11 is 4.41. The molecule has 0 amide bonds. The second-order valence-corrected chi connectivity index (χ2v) is 4.72. The largest absolute Gasteiger partial charge is 0.383 e. The molecule has 0 heterocycles. The molecule has 3 heteroatoms. The first kappa shape index (κ1) is 13.2. The molecule has 1 aromatic carbocycles. The molecule has 0 spiro atoms. The minimum atomic E-state index is 0.230. The number of thiol groups is 1. The van der Waals surface area contributed by atoms with Gasteiger partial charge in [-0.3, -0.25) is 0 Å². The normalized spacial score (nSPS) is 14.2. The fourth-order valence-electron chi connectivity index (χ4n) is 1.34. The first-order valence-electron chi connectivity index (χ1n) is 5.96. The van der Waals surface area contributed by atoms with Crippen LogP contribution < -0.4 is 10.6 Å².